The van der Waals surface area contributed by atoms with Crippen molar-refractivity contribution in [2.24, 2.45) is 5.92 Å². The fraction of sp³-hybridized carbons (Fsp3) is 0.353. The number of hydrogen-bond donors (Lipinski definition) is 2. The van der Waals surface area contributed by atoms with E-state index in [1.807, 2.05) is 36.4 Å². The number of piperidine rings is 1. The molecule has 20 heavy (non-hydrogen) atoms. The van der Waals surface area contributed by atoms with E-state index in [0.29, 0.717) is 12.1 Å². The van der Waals surface area contributed by atoms with E-state index in [2.05, 4.69) is 16.7 Å². The van der Waals surface area contributed by atoms with Gasteiger partial charge in [-0.1, -0.05) is 30.3 Å². The van der Waals surface area contributed by atoms with E-state index in [-0.39, 0.29) is 5.91 Å². The smallest absolute Gasteiger partial charge is 0.251 e. The van der Waals surface area contributed by atoms with Gasteiger partial charge < -0.3 is 10.6 Å². The van der Waals surface area contributed by atoms with Crippen LogP contribution in [0.15, 0.2) is 42.5 Å². The molecule has 0 spiro atoms. The van der Waals surface area contributed by atoms with Crippen molar-refractivity contribution >= 4 is 16.7 Å². The van der Waals surface area contributed by atoms with Gasteiger partial charge in [0.2, 0.25) is 0 Å². The summed E-state index contributed by atoms with van der Waals surface area (Å²) in [4.78, 5) is 12.4. The van der Waals surface area contributed by atoms with Crippen molar-refractivity contribution in [3.05, 3.63) is 48.0 Å². The normalized spacial score (nSPS) is 27.9. The first kappa shape index (κ1) is 11.9. The second kappa shape index (κ2) is 4.60. The molecule has 2 aromatic carbocycles. The van der Waals surface area contributed by atoms with Gasteiger partial charge in [-0.05, 0) is 48.2 Å². The van der Waals surface area contributed by atoms with Gasteiger partial charge in [0, 0.05) is 17.6 Å². The Balaban J connectivity index is 1.54. The van der Waals surface area contributed by atoms with Gasteiger partial charge in [0.15, 0.2) is 0 Å². The van der Waals surface area contributed by atoms with E-state index < -0.39 is 0 Å². The monoisotopic (exact) mass is 266 g/mol. The Morgan fingerprint density at radius 3 is 2.70 bits per heavy atom. The third-order valence-electron chi connectivity index (χ3n) is 4.66. The van der Waals surface area contributed by atoms with Crippen LogP contribution in [0.25, 0.3) is 10.8 Å². The number of benzene rings is 2. The molecule has 3 nitrogen and oxygen atoms in total. The lowest BCUT2D eigenvalue weighted by Crippen LogP contribution is -2.47. The molecule has 1 aliphatic carbocycles. The van der Waals surface area contributed by atoms with Crippen LogP contribution in [-0.2, 0) is 0 Å². The highest BCUT2D eigenvalue weighted by molar-refractivity contribution is 5.98. The van der Waals surface area contributed by atoms with Crippen molar-refractivity contribution in [2.75, 3.05) is 6.54 Å². The average molecular weight is 266 g/mol. The van der Waals surface area contributed by atoms with Gasteiger partial charge in [-0.3, -0.25) is 4.79 Å². The number of carbonyl (C=O) groups excluding carboxylic acids is 1. The zero-order valence-corrected chi connectivity index (χ0v) is 11.3. The molecule has 3 atom stereocenters. The lowest BCUT2D eigenvalue weighted by atomic mass is 10.0. The number of rotatable bonds is 2. The average Bonchev–Trinajstić information content (AvgIpc) is 3.09. The lowest BCUT2D eigenvalue weighted by Gasteiger charge is -2.24. The van der Waals surface area contributed by atoms with Crippen molar-refractivity contribution in [1.29, 1.82) is 0 Å². The number of amides is 1. The Kier molecular flexibility index (Phi) is 2.74. The Labute approximate surface area is 118 Å². The van der Waals surface area contributed by atoms with Crippen LogP contribution in [0.5, 0.6) is 0 Å². The molecule has 2 fully saturated rings. The van der Waals surface area contributed by atoms with Crippen LogP contribution in [0.2, 0.25) is 0 Å². The summed E-state index contributed by atoms with van der Waals surface area (Å²) in [5.74, 6) is 0.803. The molecule has 2 aliphatic rings. The molecule has 2 bridgehead atoms. The summed E-state index contributed by atoms with van der Waals surface area (Å²) < 4.78 is 0. The van der Waals surface area contributed by atoms with E-state index in [1.165, 1.54) is 11.8 Å². The summed E-state index contributed by atoms with van der Waals surface area (Å²) in [7, 11) is 0. The summed E-state index contributed by atoms with van der Waals surface area (Å²) in [5, 5.41) is 8.96. The van der Waals surface area contributed by atoms with Crippen molar-refractivity contribution in [2.45, 2.75) is 24.9 Å². The van der Waals surface area contributed by atoms with Gasteiger partial charge in [-0.25, -0.2) is 0 Å². The quantitative estimate of drug-likeness (QED) is 0.876. The molecule has 2 N–H and O–H groups in total. The van der Waals surface area contributed by atoms with Crippen molar-refractivity contribution in [1.82, 2.24) is 10.6 Å². The minimum Gasteiger partial charge on any atom is -0.348 e. The van der Waals surface area contributed by atoms with Gasteiger partial charge in [0.1, 0.15) is 0 Å². The van der Waals surface area contributed by atoms with Crippen LogP contribution in [0.4, 0.5) is 0 Å². The molecule has 2 aromatic rings. The van der Waals surface area contributed by atoms with Gasteiger partial charge in [0.25, 0.3) is 5.91 Å². The molecular formula is C17H18N2O. The summed E-state index contributed by atoms with van der Waals surface area (Å²) in [6.07, 6.45) is 2.33. The van der Waals surface area contributed by atoms with Crippen molar-refractivity contribution in [3.8, 4) is 0 Å². The fourth-order valence-electron chi connectivity index (χ4n) is 3.60. The second-order valence-electron chi connectivity index (χ2n) is 5.99. The van der Waals surface area contributed by atoms with E-state index in [0.717, 1.165) is 29.8 Å². The molecule has 0 radical (unpaired) electrons. The van der Waals surface area contributed by atoms with E-state index >= 15 is 0 Å². The van der Waals surface area contributed by atoms with Crippen LogP contribution in [-0.4, -0.2) is 24.5 Å². The summed E-state index contributed by atoms with van der Waals surface area (Å²) in [5.41, 5.74) is 0.756. The molecule has 4 rings (SSSR count). The zero-order valence-electron chi connectivity index (χ0n) is 11.3. The topological polar surface area (TPSA) is 41.1 Å². The maximum atomic E-state index is 12.4. The summed E-state index contributed by atoms with van der Waals surface area (Å²) in [6.45, 7) is 1.12. The first-order valence-corrected chi connectivity index (χ1v) is 7.32. The first-order chi connectivity index (χ1) is 9.79. The largest absolute Gasteiger partial charge is 0.348 e. The summed E-state index contributed by atoms with van der Waals surface area (Å²) >= 11 is 0. The number of nitrogens with one attached hydrogen (secondary N) is 2. The molecule has 102 valence electrons. The minimum atomic E-state index is 0.0510. The summed E-state index contributed by atoms with van der Waals surface area (Å²) in [6, 6.07) is 14.8. The molecule has 1 saturated carbocycles. The Bertz CT molecular complexity index is 667. The fourth-order valence-corrected chi connectivity index (χ4v) is 3.60. The Hall–Kier alpha value is -1.87. The standard InChI is InChI=1S/C17H18N2O/c20-17(19-16-8-11-7-15(16)18-10-11)14-6-5-12-3-1-2-4-13(12)9-14/h1-6,9,11,15-16,18H,7-8,10H2,(H,19,20). The van der Waals surface area contributed by atoms with E-state index in [1.54, 1.807) is 0 Å². The molecule has 0 aromatic heterocycles. The van der Waals surface area contributed by atoms with Crippen LogP contribution in [0.1, 0.15) is 23.2 Å². The molecule has 3 unspecified atom stereocenters. The number of fused-ring (bicyclic) bond motifs is 3. The van der Waals surface area contributed by atoms with Crippen LogP contribution < -0.4 is 10.6 Å². The number of hydrogen-bond acceptors (Lipinski definition) is 2. The Morgan fingerprint density at radius 1 is 1.10 bits per heavy atom. The molecule has 1 amide bonds. The Morgan fingerprint density at radius 2 is 1.95 bits per heavy atom. The van der Waals surface area contributed by atoms with Gasteiger partial charge >= 0.3 is 0 Å². The molecule has 1 saturated heterocycles. The zero-order chi connectivity index (χ0) is 13.5. The highest BCUT2D eigenvalue weighted by Crippen LogP contribution is 2.31. The molecule has 3 heteroatoms. The van der Waals surface area contributed by atoms with Crippen molar-refractivity contribution < 1.29 is 4.79 Å². The predicted octanol–water partition coefficient (Wildman–Crippen LogP) is 2.32. The predicted molar refractivity (Wildman–Crippen MR) is 79.7 cm³/mol. The van der Waals surface area contributed by atoms with E-state index in [9.17, 15) is 4.79 Å². The SMILES string of the molecule is O=C(NC1CC2CNC1C2)c1ccc2ccccc2c1. The first-order valence-electron chi connectivity index (χ1n) is 7.32. The van der Waals surface area contributed by atoms with Crippen molar-refractivity contribution in [3.63, 3.8) is 0 Å². The third kappa shape index (κ3) is 1.98. The lowest BCUT2D eigenvalue weighted by molar-refractivity contribution is 0.0928. The van der Waals surface area contributed by atoms with Gasteiger partial charge in [0.05, 0.1) is 0 Å². The maximum absolute atomic E-state index is 12.4. The maximum Gasteiger partial charge on any atom is 0.251 e. The third-order valence-corrected chi connectivity index (χ3v) is 4.66. The van der Waals surface area contributed by atoms with Gasteiger partial charge in [-0.15, -0.1) is 0 Å². The minimum absolute atomic E-state index is 0.0510. The molecule has 1 heterocycles. The van der Waals surface area contributed by atoms with E-state index in [4.69, 9.17) is 0 Å². The number of carbonyl (C=O) groups is 1. The molecule has 1 aliphatic heterocycles. The highest BCUT2D eigenvalue weighted by Gasteiger charge is 2.39. The molecular weight excluding hydrogens is 248 g/mol. The highest BCUT2D eigenvalue weighted by atomic mass is 16.1. The van der Waals surface area contributed by atoms with Crippen LogP contribution in [0, 0.1) is 5.92 Å². The second-order valence-corrected chi connectivity index (χ2v) is 5.99. The van der Waals surface area contributed by atoms with Gasteiger partial charge in [-0.2, -0.15) is 0 Å². The van der Waals surface area contributed by atoms with Crippen LogP contribution in [0.3, 0.4) is 0 Å². The van der Waals surface area contributed by atoms with Crippen LogP contribution >= 0.6 is 0 Å².